The van der Waals surface area contributed by atoms with Crippen LogP contribution in [0.15, 0.2) is 6.20 Å². The number of likely N-dealkylation sites (N-methyl/N-ethyl adjacent to an activating group) is 1. The predicted molar refractivity (Wildman–Crippen MR) is 72.3 cm³/mol. The average Bonchev–Trinajstić information content (AvgIpc) is 2.72. The molecule has 1 aliphatic carbocycles. The van der Waals surface area contributed by atoms with Crippen LogP contribution in [0, 0.1) is 0 Å². The minimum absolute atomic E-state index is 0.805. The molecule has 1 saturated carbocycles. The number of hydrogen-bond donors (Lipinski definition) is 1. The van der Waals surface area contributed by atoms with Crippen molar-refractivity contribution >= 4 is 0 Å². The number of rotatable bonds is 8. The molecule has 1 fully saturated rings. The Morgan fingerprint density at radius 1 is 1.50 bits per heavy atom. The van der Waals surface area contributed by atoms with Gasteiger partial charge in [-0.1, -0.05) is 18.6 Å². The highest BCUT2D eigenvalue weighted by Gasteiger charge is 2.21. The smallest absolute Gasteiger partial charge is 0.0964 e. The molecule has 1 aromatic rings. The van der Waals surface area contributed by atoms with E-state index in [-0.39, 0.29) is 0 Å². The third-order valence-electron chi connectivity index (χ3n) is 3.70. The van der Waals surface area contributed by atoms with Gasteiger partial charge in [0.15, 0.2) is 0 Å². The van der Waals surface area contributed by atoms with Crippen LogP contribution < -0.4 is 5.32 Å². The van der Waals surface area contributed by atoms with Gasteiger partial charge >= 0.3 is 0 Å². The first kappa shape index (κ1) is 13.5. The fraction of sp³-hybridized carbons (Fsp3) is 0.846. The zero-order valence-corrected chi connectivity index (χ0v) is 11.6. The second-order valence-corrected chi connectivity index (χ2v) is 5.22. The summed E-state index contributed by atoms with van der Waals surface area (Å²) < 4.78 is 1.96. The van der Waals surface area contributed by atoms with Gasteiger partial charge in [-0.2, -0.15) is 0 Å². The molecule has 0 spiro atoms. The van der Waals surface area contributed by atoms with Crippen LogP contribution in [-0.4, -0.2) is 46.1 Å². The van der Waals surface area contributed by atoms with Gasteiger partial charge in [0.05, 0.1) is 12.2 Å². The molecule has 102 valence electrons. The first-order chi connectivity index (χ1) is 8.79. The molecule has 18 heavy (non-hydrogen) atoms. The molecule has 1 heterocycles. The van der Waals surface area contributed by atoms with E-state index in [1.54, 1.807) is 0 Å². The molecule has 0 aliphatic heterocycles. The minimum Gasteiger partial charge on any atom is -0.311 e. The largest absolute Gasteiger partial charge is 0.311 e. The van der Waals surface area contributed by atoms with Crippen LogP contribution in [0.25, 0.3) is 0 Å². The lowest BCUT2D eigenvalue weighted by atomic mass is 9.92. The fourth-order valence-corrected chi connectivity index (χ4v) is 2.19. The topological polar surface area (TPSA) is 46.0 Å². The highest BCUT2D eigenvalue weighted by atomic mass is 15.4. The number of nitrogens with one attached hydrogen (secondary N) is 1. The summed E-state index contributed by atoms with van der Waals surface area (Å²) in [6.07, 6.45) is 7.32. The van der Waals surface area contributed by atoms with Gasteiger partial charge in [0.2, 0.25) is 0 Å². The summed E-state index contributed by atoms with van der Waals surface area (Å²) >= 11 is 0. The summed E-state index contributed by atoms with van der Waals surface area (Å²) in [6.45, 7) is 6.04. The van der Waals surface area contributed by atoms with E-state index in [1.165, 1.54) is 19.3 Å². The maximum atomic E-state index is 4.18. The Morgan fingerprint density at radius 2 is 2.33 bits per heavy atom. The van der Waals surface area contributed by atoms with Gasteiger partial charge < -0.3 is 10.2 Å². The van der Waals surface area contributed by atoms with E-state index >= 15 is 0 Å². The fourth-order valence-electron chi connectivity index (χ4n) is 2.19. The van der Waals surface area contributed by atoms with E-state index in [4.69, 9.17) is 0 Å². The van der Waals surface area contributed by atoms with Gasteiger partial charge in [0, 0.05) is 25.3 Å². The van der Waals surface area contributed by atoms with Crippen molar-refractivity contribution in [1.82, 2.24) is 25.2 Å². The Bertz CT molecular complexity index is 345. The van der Waals surface area contributed by atoms with Crippen molar-refractivity contribution in [3.63, 3.8) is 0 Å². The number of hydrogen-bond acceptors (Lipinski definition) is 4. The molecule has 0 radical (unpaired) electrons. The van der Waals surface area contributed by atoms with Gasteiger partial charge in [-0.3, -0.25) is 4.68 Å². The van der Waals surface area contributed by atoms with E-state index in [0.29, 0.717) is 0 Å². The van der Waals surface area contributed by atoms with Crippen molar-refractivity contribution in [1.29, 1.82) is 0 Å². The molecule has 0 amide bonds. The number of aromatic nitrogens is 3. The van der Waals surface area contributed by atoms with Crippen molar-refractivity contribution in [2.24, 2.45) is 0 Å². The Balaban J connectivity index is 1.69. The summed E-state index contributed by atoms with van der Waals surface area (Å²) in [7, 11) is 2.21. The monoisotopic (exact) mass is 251 g/mol. The number of nitrogens with zero attached hydrogens (tertiary/aromatic N) is 4. The van der Waals surface area contributed by atoms with E-state index in [1.807, 2.05) is 4.68 Å². The van der Waals surface area contributed by atoms with E-state index < -0.39 is 0 Å². The lowest BCUT2D eigenvalue weighted by Crippen LogP contribution is -2.38. The van der Waals surface area contributed by atoms with Crippen molar-refractivity contribution in [2.45, 2.75) is 51.7 Å². The highest BCUT2D eigenvalue weighted by molar-refractivity contribution is 4.91. The van der Waals surface area contributed by atoms with Crippen molar-refractivity contribution in [2.75, 3.05) is 20.1 Å². The Hall–Kier alpha value is -0.940. The molecule has 1 aliphatic rings. The van der Waals surface area contributed by atoms with Crippen LogP contribution >= 0.6 is 0 Å². The molecule has 0 unspecified atom stereocenters. The van der Waals surface area contributed by atoms with E-state index in [0.717, 1.165) is 44.3 Å². The van der Waals surface area contributed by atoms with Gasteiger partial charge in [0.25, 0.3) is 0 Å². The average molecular weight is 251 g/mol. The van der Waals surface area contributed by atoms with Crippen molar-refractivity contribution in [3.8, 4) is 0 Å². The summed E-state index contributed by atoms with van der Waals surface area (Å²) in [5.41, 5.74) is 1.04. The summed E-state index contributed by atoms with van der Waals surface area (Å²) in [4.78, 5) is 2.44. The minimum atomic E-state index is 0.805. The molecular formula is C13H25N5. The van der Waals surface area contributed by atoms with Crippen LogP contribution in [0.1, 0.15) is 38.3 Å². The zero-order chi connectivity index (χ0) is 12.8. The molecule has 5 nitrogen and oxygen atoms in total. The van der Waals surface area contributed by atoms with Crippen LogP contribution in [0.3, 0.4) is 0 Å². The summed E-state index contributed by atoms with van der Waals surface area (Å²) in [5, 5.41) is 11.7. The zero-order valence-electron chi connectivity index (χ0n) is 11.6. The van der Waals surface area contributed by atoms with Crippen LogP contribution in [0.4, 0.5) is 0 Å². The SMILES string of the molecule is CCCNCc1cn(CCN(C)C2CCC2)nn1. The lowest BCUT2D eigenvalue weighted by molar-refractivity contribution is 0.153. The normalized spacial score (nSPS) is 16.2. The molecule has 5 heteroatoms. The second kappa shape index (κ2) is 6.85. The lowest BCUT2D eigenvalue weighted by Gasteiger charge is -2.34. The van der Waals surface area contributed by atoms with Crippen molar-refractivity contribution < 1.29 is 0 Å². The molecule has 0 saturated heterocycles. The standard InChI is InChI=1S/C13H25N5/c1-3-7-14-10-12-11-18(16-15-12)9-8-17(2)13-5-4-6-13/h11,13-14H,3-10H2,1-2H3. The first-order valence-electron chi connectivity index (χ1n) is 7.09. The van der Waals surface area contributed by atoms with E-state index in [9.17, 15) is 0 Å². The Morgan fingerprint density at radius 3 is 3.00 bits per heavy atom. The first-order valence-corrected chi connectivity index (χ1v) is 7.09. The Labute approximate surface area is 110 Å². The molecule has 0 atom stereocenters. The predicted octanol–water partition coefficient (Wildman–Crippen LogP) is 1.26. The van der Waals surface area contributed by atoms with Gasteiger partial charge in [-0.25, -0.2) is 0 Å². The van der Waals surface area contributed by atoms with Gasteiger partial charge in [-0.05, 0) is 32.9 Å². The second-order valence-electron chi connectivity index (χ2n) is 5.22. The van der Waals surface area contributed by atoms with Crippen LogP contribution in [-0.2, 0) is 13.1 Å². The van der Waals surface area contributed by atoms with Crippen LogP contribution in [0.2, 0.25) is 0 Å². The Kier molecular flexibility index (Phi) is 5.13. The van der Waals surface area contributed by atoms with Crippen LogP contribution in [0.5, 0.6) is 0 Å². The molecule has 2 rings (SSSR count). The van der Waals surface area contributed by atoms with Gasteiger partial charge in [-0.15, -0.1) is 5.10 Å². The molecular weight excluding hydrogens is 226 g/mol. The molecule has 1 N–H and O–H groups in total. The highest BCUT2D eigenvalue weighted by Crippen LogP contribution is 2.23. The van der Waals surface area contributed by atoms with E-state index in [2.05, 4.69) is 40.7 Å². The molecule has 0 aromatic carbocycles. The summed E-state index contributed by atoms with van der Waals surface area (Å²) in [6, 6.07) is 0.805. The molecule has 1 aromatic heterocycles. The third-order valence-corrected chi connectivity index (χ3v) is 3.70. The van der Waals surface area contributed by atoms with Crippen molar-refractivity contribution in [3.05, 3.63) is 11.9 Å². The maximum absolute atomic E-state index is 4.18. The van der Waals surface area contributed by atoms with Gasteiger partial charge in [0.1, 0.15) is 0 Å². The summed E-state index contributed by atoms with van der Waals surface area (Å²) in [5.74, 6) is 0. The third kappa shape index (κ3) is 3.78. The molecule has 0 bridgehead atoms. The quantitative estimate of drug-likeness (QED) is 0.707. The maximum Gasteiger partial charge on any atom is 0.0964 e.